The number of carboxylic acids is 1. The summed E-state index contributed by atoms with van der Waals surface area (Å²) in [5.41, 5.74) is 10.2. The van der Waals surface area contributed by atoms with Gasteiger partial charge in [-0.1, -0.05) is 0 Å². The van der Waals surface area contributed by atoms with Crippen LogP contribution in [0, 0.1) is 25.2 Å². The van der Waals surface area contributed by atoms with Crippen LogP contribution in [0.1, 0.15) is 17.0 Å². The minimum absolute atomic E-state index is 0.103. The molecule has 11 nitrogen and oxygen atoms in total. The maximum atomic E-state index is 11.0. The minimum atomic E-state index is -0.981. The van der Waals surface area contributed by atoms with Crippen LogP contribution in [-0.2, 0) is 23.2 Å². The van der Waals surface area contributed by atoms with Crippen LogP contribution >= 0.6 is 0 Å². The van der Waals surface area contributed by atoms with E-state index in [2.05, 4.69) is 21.1 Å². The Morgan fingerprint density at radius 2 is 2.07 bits per heavy atom. The van der Waals surface area contributed by atoms with E-state index in [4.69, 9.17) is 20.7 Å². The number of rotatable bonds is 4. The van der Waals surface area contributed by atoms with Crippen molar-refractivity contribution < 1.29 is 19.8 Å². The Morgan fingerprint density at radius 3 is 2.59 bits per heavy atom. The third kappa shape index (κ3) is 4.22. The van der Waals surface area contributed by atoms with Gasteiger partial charge in [-0.3, -0.25) is 14.3 Å². The molecule has 29 heavy (non-hydrogen) atoms. The molecule has 0 amide bonds. The van der Waals surface area contributed by atoms with E-state index in [1.54, 1.807) is 37.0 Å². The van der Waals surface area contributed by atoms with Gasteiger partial charge in [-0.25, -0.2) is 9.97 Å². The fraction of sp³-hybridized carbons (Fsp3) is 0.222. The maximum absolute atomic E-state index is 11.0. The van der Waals surface area contributed by atoms with Crippen molar-refractivity contribution >= 4 is 18.3 Å². The number of nitrogen functional groups attached to an aromatic ring is 1. The topological polar surface area (TPSA) is 173 Å². The molecular weight excluding hydrogens is 378 g/mol. The fourth-order valence-electron chi connectivity index (χ4n) is 2.98. The first-order valence-electron chi connectivity index (χ1n) is 8.26. The van der Waals surface area contributed by atoms with Crippen LogP contribution in [0.2, 0.25) is 0 Å². The standard InChI is InChI=1S/C17H17N7O2.CH2O2/c1-9-16(10(2)24(22-9)7-15(25)26)13-4-11(12(5-18)17(19)21-13)14-6-20-8-23(14)3;2-1-3/h4,6,8H,7H2,1-3H3,(H2,19,21)(H,25,26);1H,(H,2,3). The molecule has 3 aromatic heterocycles. The van der Waals surface area contributed by atoms with Crippen LogP contribution in [0.3, 0.4) is 0 Å². The lowest BCUT2D eigenvalue weighted by molar-refractivity contribution is -0.138. The average molecular weight is 397 g/mol. The molecule has 3 heterocycles. The maximum Gasteiger partial charge on any atom is 0.325 e. The smallest absolute Gasteiger partial charge is 0.325 e. The highest BCUT2D eigenvalue weighted by Gasteiger charge is 2.20. The SMILES string of the molecule is Cc1nn(CC(=O)O)c(C)c1-c1cc(-c2cncn2C)c(C#N)c(N)n1.O=CO. The third-order valence-electron chi connectivity index (χ3n) is 4.17. The van der Waals surface area contributed by atoms with Crippen LogP contribution in [0.4, 0.5) is 5.82 Å². The quantitative estimate of drug-likeness (QED) is 0.546. The van der Waals surface area contributed by atoms with Crippen molar-refractivity contribution in [1.82, 2.24) is 24.3 Å². The van der Waals surface area contributed by atoms with Crippen molar-refractivity contribution in [3.63, 3.8) is 0 Å². The number of anilines is 1. The summed E-state index contributed by atoms with van der Waals surface area (Å²) in [5, 5.41) is 29.7. The first-order chi connectivity index (χ1) is 13.7. The molecule has 11 heteroatoms. The van der Waals surface area contributed by atoms with Crippen molar-refractivity contribution in [2.45, 2.75) is 20.4 Å². The molecule has 0 saturated carbocycles. The lowest BCUT2D eigenvalue weighted by atomic mass is 10.0. The number of nitrogens with zero attached hydrogens (tertiary/aromatic N) is 6. The Bertz CT molecular complexity index is 1110. The molecule has 3 rings (SSSR count). The van der Waals surface area contributed by atoms with Crippen LogP contribution < -0.4 is 5.73 Å². The van der Waals surface area contributed by atoms with Gasteiger partial charge in [0.05, 0.1) is 29.6 Å². The predicted molar refractivity (Wildman–Crippen MR) is 103 cm³/mol. The fourth-order valence-corrected chi connectivity index (χ4v) is 2.98. The molecule has 0 aromatic carbocycles. The summed E-state index contributed by atoms with van der Waals surface area (Å²) in [4.78, 5) is 27.8. The number of nitrogens with two attached hydrogens (primary N) is 1. The van der Waals surface area contributed by atoms with Gasteiger partial charge in [0.1, 0.15) is 24.0 Å². The number of aryl methyl sites for hydroxylation is 2. The van der Waals surface area contributed by atoms with Crippen molar-refractivity contribution in [3.8, 4) is 28.6 Å². The van der Waals surface area contributed by atoms with Gasteiger partial charge in [0, 0.05) is 23.9 Å². The minimum Gasteiger partial charge on any atom is -0.483 e. The van der Waals surface area contributed by atoms with Gasteiger partial charge in [-0.15, -0.1) is 0 Å². The van der Waals surface area contributed by atoms with Crippen molar-refractivity contribution in [2.75, 3.05) is 5.73 Å². The number of imidazole rings is 1. The molecule has 0 unspecified atom stereocenters. The summed E-state index contributed by atoms with van der Waals surface area (Å²) >= 11 is 0. The normalized spacial score (nSPS) is 10.0. The molecule has 0 aliphatic rings. The molecule has 0 saturated heterocycles. The summed E-state index contributed by atoms with van der Waals surface area (Å²) in [6.45, 7) is 3.06. The number of aliphatic carboxylic acids is 1. The van der Waals surface area contributed by atoms with E-state index in [9.17, 15) is 10.1 Å². The molecular formula is C18H19N7O4. The van der Waals surface area contributed by atoms with E-state index in [0.717, 1.165) is 5.69 Å². The molecule has 0 fully saturated rings. The van der Waals surface area contributed by atoms with Crippen LogP contribution in [0.15, 0.2) is 18.6 Å². The number of pyridine rings is 1. The number of carbonyl (C=O) groups is 2. The highest BCUT2D eigenvalue weighted by Crippen LogP contribution is 2.33. The Hall–Kier alpha value is -4.20. The Morgan fingerprint density at radius 1 is 1.41 bits per heavy atom. The van der Waals surface area contributed by atoms with E-state index >= 15 is 0 Å². The summed E-state index contributed by atoms with van der Waals surface area (Å²) in [6, 6.07) is 3.85. The van der Waals surface area contributed by atoms with Gasteiger partial charge in [0.25, 0.3) is 6.47 Å². The second-order valence-electron chi connectivity index (χ2n) is 6.02. The predicted octanol–water partition coefficient (Wildman–Crippen LogP) is 1.20. The molecule has 3 aromatic rings. The largest absolute Gasteiger partial charge is 0.483 e. The molecule has 4 N–H and O–H groups in total. The number of carboxylic acid groups (broad SMARTS) is 2. The van der Waals surface area contributed by atoms with E-state index < -0.39 is 5.97 Å². The Labute approximate surface area is 165 Å². The molecule has 0 radical (unpaired) electrons. The third-order valence-corrected chi connectivity index (χ3v) is 4.17. The molecule has 0 spiro atoms. The summed E-state index contributed by atoms with van der Waals surface area (Å²) < 4.78 is 3.19. The molecule has 0 aliphatic heterocycles. The lowest BCUT2D eigenvalue weighted by Crippen LogP contribution is -2.11. The lowest BCUT2D eigenvalue weighted by Gasteiger charge is -2.11. The second kappa shape index (κ2) is 8.66. The zero-order valence-corrected chi connectivity index (χ0v) is 16.0. The molecule has 0 bridgehead atoms. The molecule has 0 atom stereocenters. The van der Waals surface area contributed by atoms with Gasteiger partial charge >= 0.3 is 5.97 Å². The van der Waals surface area contributed by atoms with Crippen molar-refractivity contribution in [1.29, 1.82) is 5.26 Å². The number of aromatic nitrogens is 5. The van der Waals surface area contributed by atoms with E-state index in [1.807, 2.05) is 7.05 Å². The van der Waals surface area contributed by atoms with Crippen LogP contribution in [0.25, 0.3) is 22.5 Å². The van der Waals surface area contributed by atoms with Gasteiger partial charge in [-0.2, -0.15) is 10.4 Å². The van der Waals surface area contributed by atoms with Gasteiger partial charge in [0.2, 0.25) is 0 Å². The number of hydrogen-bond donors (Lipinski definition) is 3. The average Bonchev–Trinajstić information content (AvgIpc) is 3.17. The second-order valence-corrected chi connectivity index (χ2v) is 6.02. The number of nitriles is 1. The summed E-state index contributed by atoms with van der Waals surface area (Å²) in [7, 11) is 1.82. The van der Waals surface area contributed by atoms with E-state index in [-0.39, 0.29) is 24.4 Å². The molecule has 0 aliphatic carbocycles. The van der Waals surface area contributed by atoms with Gasteiger partial charge in [-0.05, 0) is 19.9 Å². The monoisotopic (exact) mass is 397 g/mol. The summed E-state index contributed by atoms with van der Waals surface area (Å²) in [6.07, 6.45) is 3.28. The van der Waals surface area contributed by atoms with E-state index in [1.165, 1.54) is 4.68 Å². The van der Waals surface area contributed by atoms with E-state index in [0.29, 0.717) is 28.2 Å². The highest BCUT2D eigenvalue weighted by molar-refractivity contribution is 5.80. The van der Waals surface area contributed by atoms with Crippen LogP contribution in [0.5, 0.6) is 0 Å². The van der Waals surface area contributed by atoms with Crippen molar-refractivity contribution in [2.24, 2.45) is 7.05 Å². The van der Waals surface area contributed by atoms with Gasteiger partial charge < -0.3 is 20.5 Å². The van der Waals surface area contributed by atoms with Crippen LogP contribution in [-0.4, -0.2) is 47.0 Å². The number of hydrogen-bond acceptors (Lipinski definition) is 7. The van der Waals surface area contributed by atoms with Crippen molar-refractivity contribution in [3.05, 3.63) is 35.5 Å². The highest BCUT2D eigenvalue weighted by atomic mass is 16.4. The first kappa shape index (κ1) is 21.1. The zero-order chi connectivity index (χ0) is 21.7. The first-order valence-corrected chi connectivity index (χ1v) is 8.26. The molecule has 150 valence electrons. The Balaban J connectivity index is 0.000000941. The Kier molecular flexibility index (Phi) is 6.30. The zero-order valence-electron chi connectivity index (χ0n) is 16.0. The summed E-state index contributed by atoms with van der Waals surface area (Å²) in [5.74, 6) is -0.879. The van der Waals surface area contributed by atoms with Gasteiger partial charge in [0.15, 0.2) is 0 Å².